The van der Waals surface area contributed by atoms with Gasteiger partial charge in [0.15, 0.2) is 17.0 Å². The van der Waals surface area contributed by atoms with Gasteiger partial charge >= 0.3 is 0 Å². The van der Waals surface area contributed by atoms with E-state index in [4.69, 9.17) is 4.74 Å². The number of ether oxygens (including phenoxy) is 1. The highest BCUT2D eigenvalue weighted by Crippen LogP contribution is 2.22. The molecule has 0 aliphatic carbocycles. The number of halogens is 1. The minimum absolute atomic E-state index is 0.123. The number of carbonyl (C=O) groups is 1. The summed E-state index contributed by atoms with van der Waals surface area (Å²) in [6.07, 6.45) is 1.13. The highest BCUT2D eigenvalue weighted by Gasteiger charge is 2.26. The standard InChI is InChI=1S/C19H21FN2O3/c1-13-11-14(23)12-17(21(13)2)19(24)22-9-7-15(8-10-22)25-18-6-4-3-5-16(18)20/h3-6,11-12,15H,7-10H2,1-2H3. The third-order valence-corrected chi connectivity index (χ3v) is 4.60. The first-order valence-corrected chi connectivity index (χ1v) is 8.34. The third-order valence-electron chi connectivity index (χ3n) is 4.60. The first-order valence-electron chi connectivity index (χ1n) is 8.34. The van der Waals surface area contributed by atoms with Gasteiger partial charge in [-0.25, -0.2) is 4.39 Å². The van der Waals surface area contributed by atoms with E-state index in [0.717, 1.165) is 5.69 Å². The van der Waals surface area contributed by atoms with Gasteiger partial charge in [0, 0.05) is 50.8 Å². The third kappa shape index (κ3) is 3.73. The lowest BCUT2D eigenvalue weighted by Gasteiger charge is -2.32. The van der Waals surface area contributed by atoms with Gasteiger partial charge in [0.2, 0.25) is 0 Å². The van der Waals surface area contributed by atoms with Crippen molar-refractivity contribution in [2.45, 2.75) is 25.9 Å². The normalized spacial score (nSPS) is 15.2. The molecule has 1 fully saturated rings. The van der Waals surface area contributed by atoms with Gasteiger partial charge in [-0.15, -0.1) is 0 Å². The molecule has 1 aromatic carbocycles. The monoisotopic (exact) mass is 344 g/mol. The predicted molar refractivity (Wildman–Crippen MR) is 92.4 cm³/mol. The fourth-order valence-electron chi connectivity index (χ4n) is 3.03. The zero-order chi connectivity index (χ0) is 18.0. The van der Waals surface area contributed by atoms with Gasteiger partial charge in [0.1, 0.15) is 11.8 Å². The van der Waals surface area contributed by atoms with Crippen LogP contribution in [0.3, 0.4) is 0 Å². The summed E-state index contributed by atoms with van der Waals surface area (Å²) < 4.78 is 21.1. The summed E-state index contributed by atoms with van der Waals surface area (Å²) in [7, 11) is 1.77. The zero-order valence-corrected chi connectivity index (χ0v) is 14.4. The average Bonchev–Trinajstić information content (AvgIpc) is 2.60. The lowest BCUT2D eigenvalue weighted by molar-refractivity contribution is 0.0578. The molecule has 1 aliphatic heterocycles. The van der Waals surface area contributed by atoms with Crippen molar-refractivity contribution < 1.29 is 13.9 Å². The maximum Gasteiger partial charge on any atom is 0.270 e. The summed E-state index contributed by atoms with van der Waals surface area (Å²) in [5.41, 5.74) is 0.962. The maximum absolute atomic E-state index is 13.7. The molecule has 0 saturated carbocycles. The van der Waals surface area contributed by atoms with Gasteiger partial charge in [-0.1, -0.05) is 12.1 Å². The van der Waals surface area contributed by atoms with Crippen molar-refractivity contribution >= 4 is 5.91 Å². The molecule has 0 atom stereocenters. The van der Waals surface area contributed by atoms with Crippen LogP contribution in [0, 0.1) is 12.7 Å². The van der Waals surface area contributed by atoms with Crippen LogP contribution in [0.4, 0.5) is 4.39 Å². The summed E-state index contributed by atoms with van der Waals surface area (Å²) in [5, 5.41) is 0. The summed E-state index contributed by atoms with van der Waals surface area (Å²) in [5.74, 6) is -0.295. The fraction of sp³-hybridized carbons (Fsp3) is 0.368. The van der Waals surface area contributed by atoms with E-state index in [0.29, 0.717) is 31.6 Å². The van der Waals surface area contributed by atoms with E-state index in [1.165, 1.54) is 18.2 Å². The molecule has 2 aromatic rings. The first kappa shape index (κ1) is 17.2. The van der Waals surface area contributed by atoms with Crippen molar-refractivity contribution in [1.82, 2.24) is 9.47 Å². The number of nitrogens with zero attached hydrogens (tertiary/aromatic N) is 2. The number of hydrogen-bond donors (Lipinski definition) is 0. The van der Waals surface area contributed by atoms with Gasteiger partial charge in [-0.05, 0) is 19.1 Å². The second-order valence-electron chi connectivity index (χ2n) is 6.32. The Hall–Kier alpha value is -2.63. The SMILES string of the molecule is Cc1cc(=O)cc(C(=O)N2CCC(Oc3ccccc3F)CC2)n1C. The lowest BCUT2D eigenvalue weighted by atomic mass is 10.1. The molecule has 1 aliphatic rings. The Morgan fingerprint density at radius 1 is 1.20 bits per heavy atom. The van der Waals surface area contributed by atoms with Gasteiger partial charge < -0.3 is 14.2 Å². The second kappa shape index (κ2) is 7.09. The molecule has 0 bridgehead atoms. The van der Waals surface area contributed by atoms with Gasteiger partial charge in [0.25, 0.3) is 5.91 Å². The summed E-state index contributed by atoms with van der Waals surface area (Å²) >= 11 is 0. The number of aryl methyl sites for hydroxylation is 1. The largest absolute Gasteiger partial charge is 0.487 e. The van der Waals surface area contributed by atoms with Gasteiger partial charge in [-0.2, -0.15) is 0 Å². The van der Waals surface area contributed by atoms with Crippen LogP contribution >= 0.6 is 0 Å². The summed E-state index contributed by atoms with van der Waals surface area (Å²) in [6, 6.07) is 9.20. The molecule has 0 N–H and O–H groups in total. The van der Waals surface area contributed by atoms with E-state index in [9.17, 15) is 14.0 Å². The maximum atomic E-state index is 13.7. The molecule has 132 valence electrons. The van der Waals surface area contributed by atoms with Crippen LogP contribution in [0.15, 0.2) is 41.2 Å². The molecular weight excluding hydrogens is 323 g/mol. The smallest absolute Gasteiger partial charge is 0.270 e. The number of piperidine rings is 1. The van der Waals surface area contributed by atoms with Crippen LogP contribution in [0.5, 0.6) is 5.75 Å². The first-order chi connectivity index (χ1) is 12.0. The lowest BCUT2D eigenvalue weighted by Crippen LogP contribution is -2.43. The number of para-hydroxylation sites is 1. The molecule has 2 heterocycles. The topological polar surface area (TPSA) is 51.5 Å². The molecule has 1 amide bonds. The Bertz CT molecular complexity index is 839. The van der Waals surface area contributed by atoms with Crippen molar-refractivity contribution in [3.8, 4) is 5.75 Å². The van der Waals surface area contributed by atoms with Gasteiger partial charge in [0.05, 0.1) is 0 Å². The number of rotatable bonds is 3. The number of hydrogen-bond acceptors (Lipinski definition) is 3. The van der Waals surface area contributed by atoms with E-state index in [-0.39, 0.29) is 29.0 Å². The Morgan fingerprint density at radius 2 is 1.88 bits per heavy atom. The Kier molecular flexibility index (Phi) is 4.88. The number of aromatic nitrogens is 1. The van der Waals surface area contributed by atoms with Crippen LogP contribution in [0.25, 0.3) is 0 Å². The van der Waals surface area contributed by atoms with Crippen molar-refractivity contribution in [2.24, 2.45) is 7.05 Å². The van der Waals surface area contributed by atoms with Gasteiger partial charge in [-0.3, -0.25) is 9.59 Å². The number of amides is 1. The predicted octanol–water partition coefficient (Wildman–Crippen LogP) is 2.52. The molecule has 3 rings (SSSR count). The van der Waals surface area contributed by atoms with Crippen molar-refractivity contribution in [3.63, 3.8) is 0 Å². The van der Waals surface area contributed by atoms with Crippen LogP contribution < -0.4 is 10.2 Å². The Labute approximate surface area is 145 Å². The molecule has 25 heavy (non-hydrogen) atoms. The molecule has 1 saturated heterocycles. The van der Waals surface area contributed by atoms with E-state index in [2.05, 4.69) is 0 Å². The van der Waals surface area contributed by atoms with Crippen molar-refractivity contribution in [1.29, 1.82) is 0 Å². The van der Waals surface area contributed by atoms with Crippen molar-refractivity contribution in [3.05, 3.63) is 63.8 Å². The molecule has 0 unspecified atom stereocenters. The van der Waals surface area contributed by atoms with E-state index < -0.39 is 0 Å². The molecule has 0 radical (unpaired) electrons. The van der Waals surface area contributed by atoms with Crippen molar-refractivity contribution in [2.75, 3.05) is 13.1 Å². The van der Waals surface area contributed by atoms with E-state index >= 15 is 0 Å². The minimum atomic E-state index is -0.379. The second-order valence-corrected chi connectivity index (χ2v) is 6.32. The highest BCUT2D eigenvalue weighted by atomic mass is 19.1. The van der Waals surface area contributed by atoms with E-state index in [1.54, 1.807) is 41.6 Å². The Balaban J connectivity index is 1.65. The quantitative estimate of drug-likeness (QED) is 0.860. The van der Waals surface area contributed by atoms with Crippen LogP contribution in [0.2, 0.25) is 0 Å². The average molecular weight is 344 g/mol. The number of carbonyl (C=O) groups excluding carboxylic acids is 1. The Morgan fingerprint density at radius 3 is 2.56 bits per heavy atom. The number of pyridine rings is 1. The van der Waals surface area contributed by atoms with Crippen LogP contribution in [-0.2, 0) is 7.05 Å². The fourth-order valence-corrected chi connectivity index (χ4v) is 3.03. The highest BCUT2D eigenvalue weighted by molar-refractivity contribution is 5.92. The number of benzene rings is 1. The van der Waals surface area contributed by atoms with E-state index in [1.807, 2.05) is 0 Å². The molecule has 1 aromatic heterocycles. The minimum Gasteiger partial charge on any atom is -0.487 e. The molecule has 0 spiro atoms. The zero-order valence-electron chi connectivity index (χ0n) is 14.4. The number of likely N-dealkylation sites (tertiary alicyclic amines) is 1. The summed E-state index contributed by atoms with van der Waals surface area (Å²) in [4.78, 5) is 26.1. The van der Waals surface area contributed by atoms with Crippen LogP contribution in [0.1, 0.15) is 29.0 Å². The summed E-state index contributed by atoms with van der Waals surface area (Å²) in [6.45, 7) is 2.83. The molecule has 6 heteroatoms. The molecular formula is C19H21FN2O3. The van der Waals surface area contributed by atoms with Crippen LogP contribution in [-0.4, -0.2) is 34.6 Å². The molecule has 5 nitrogen and oxygen atoms in total.